The van der Waals surface area contributed by atoms with E-state index in [4.69, 9.17) is 0 Å². The van der Waals surface area contributed by atoms with E-state index in [2.05, 4.69) is 20.0 Å². The largest absolute Gasteiger partial charge is 0.390 e. The maximum Gasteiger partial charge on any atom is 0.139 e. The smallest absolute Gasteiger partial charge is 0.139 e. The second kappa shape index (κ2) is 3.32. The van der Waals surface area contributed by atoms with Crippen LogP contribution in [0.4, 0.5) is 0 Å². The lowest BCUT2D eigenvalue weighted by atomic mass is 9.91. The zero-order valence-corrected chi connectivity index (χ0v) is 7.96. The lowest BCUT2D eigenvalue weighted by molar-refractivity contribution is 0.0810. The highest BCUT2D eigenvalue weighted by molar-refractivity contribution is 6.32. The van der Waals surface area contributed by atoms with Crippen molar-refractivity contribution in [3.63, 3.8) is 0 Å². The summed E-state index contributed by atoms with van der Waals surface area (Å²) >= 11 is 0. The predicted molar refractivity (Wildman–Crippen MR) is 54.6 cm³/mol. The molecule has 0 aromatic heterocycles. The zero-order valence-electron chi connectivity index (χ0n) is 7.96. The average molecular weight is 162 g/mol. The molecule has 1 N–H and O–H groups in total. The summed E-state index contributed by atoms with van der Waals surface area (Å²) in [7, 11) is 2.06. The van der Waals surface area contributed by atoms with Gasteiger partial charge in [-0.2, -0.15) is 0 Å². The van der Waals surface area contributed by atoms with Crippen molar-refractivity contribution in [1.29, 1.82) is 0 Å². The fourth-order valence-electron chi connectivity index (χ4n) is 1.32. The fourth-order valence-corrected chi connectivity index (χ4v) is 1.32. The van der Waals surface area contributed by atoms with Crippen LogP contribution in [-0.4, -0.2) is 18.6 Å². The van der Waals surface area contributed by atoms with E-state index in [-0.39, 0.29) is 0 Å². The quantitative estimate of drug-likeness (QED) is 0.618. The van der Waals surface area contributed by atoms with Crippen molar-refractivity contribution in [2.24, 2.45) is 0 Å². The molecule has 0 saturated carbocycles. The average Bonchev–Trinajstić information content (AvgIpc) is 1.82. The van der Waals surface area contributed by atoms with Crippen LogP contribution >= 0.6 is 0 Å². The van der Waals surface area contributed by atoms with Crippen LogP contribution in [0.3, 0.4) is 0 Å². The minimum Gasteiger partial charge on any atom is -0.390 e. The SMILES string of the molecule is Bc1cccc(CC(C)(C)O)c1. The van der Waals surface area contributed by atoms with Crippen LogP contribution < -0.4 is 5.46 Å². The van der Waals surface area contributed by atoms with Crippen molar-refractivity contribution in [3.8, 4) is 0 Å². The van der Waals surface area contributed by atoms with Gasteiger partial charge in [0, 0.05) is 6.42 Å². The summed E-state index contributed by atoms with van der Waals surface area (Å²) in [5.41, 5.74) is 1.84. The summed E-state index contributed by atoms with van der Waals surface area (Å²) in [4.78, 5) is 0. The van der Waals surface area contributed by atoms with Gasteiger partial charge in [0.15, 0.2) is 0 Å². The first-order valence-electron chi connectivity index (χ1n) is 4.25. The molecule has 0 bridgehead atoms. The maximum absolute atomic E-state index is 9.56. The van der Waals surface area contributed by atoms with Crippen molar-refractivity contribution in [2.75, 3.05) is 0 Å². The Labute approximate surface area is 74.8 Å². The van der Waals surface area contributed by atoms with Gasteiger partial charge in [-0.1, -0.05) is 29.7 Å². The van der Waals surface area contributed by atoms with E-state index in [1.807, 2.05) is 26.0 Å². The zero-order chi connectivity index (χ0) is 9.19. The summed E-state index contributed by atoms with van der Waals surface area (Å²) in [5.74, 6) is 0. The highest BCUT2D eigenvalue weighted by atomic mass is 16.3. The van der Waals surface area contributed by atoms with Gasteiger partial charge in [0.05, 0.1) is 5.60 Å². The molecule has 1 rings (SSSR count). The molecule has 0 aliphatic rings. The molecular weight excluding hydrogens is 147 g/mol. The minimum absolute atomic E-state index is 0.603. The Bertz CT molecular complexity index is 263. The van der Waals surface area contributed by atoms with E-state index in [0.29, 0.717) is 6.42 Å². The summed E-state index contributed by atoms with van der Waals surface area (Å²) < 4.78 is 0. The molecule has 1 nitrogen and oxygen atoms in total. The monoisotopic (exact) mass is 162 g/mol. The molecule has 0 heterocycles. The van der Waals surface area contributed by atoms with E-state index in [1.54, 1.807) is 0 Å². The molecule has 0 fully saturated rings. The molecule has 0 amide bonds. The topological polar surface area (TPSA) is 20.2 Å². The van der Waals surface area contributed by atoms with E-state index in [0.717, 1.165) is 0 Å². The number of hydrogen-bond donors (Lipinski definition) is 1. The molecule has 1 aromatic carbocycles. The summed E-state index contributed by atoms with van der Waals surface area (Å²) in [6.45, 7) is 3.66. The Hall–Kier alpha value is -0.755. The molecule has 0 aliphatic heterocycles. The number of benzene rings is 1. The molecule has 64 valence electrons. The van der Waals surface area contributed by atoms with Crippen molar-refractivity contribution in [1.82, 2.24) is 0 Å². The first kappa shape index (κ1) is 9.33. The number of aliphatic hydroxyl groups is 1. The molecule has 12 heavy (non-hydrogen) atoms. The standard InChI is InChI=1S/C10H15BO/c1-10(2,12)7-8-4-3-5-9(11)6-8/h3-6,12H,7,11H2,1-2H3. The number of rotatable bonds is 2. The van der Waals surface area contributed by atoms with Crippen LogP contribution in [0.2, 0.25) is 0 Å². The molecule has 0 aliphatic carbocycles. The lowest BCUT2D eigenvalue weighted by Crippen LogP contribution is -2.22. The predicted octanol–water partition coefficient (Wildman–Crippen LogP) is 0.258. The maximum atomic E-state index is 9.56. The van der Waals surface area contributed by atoms with Crippen LogP contribution in [0.5, 0.6) is 0 Å². The van der Waals surface area contributed by atoms with Gasteiger partial charge in [-0.25, -0.2) is 0 Å². The van der Waals surface area contributed by atoms with Crippen LogP contribution in [-0.2, 0) is 6.42 Å². The van der Waals surface area contributed by atoms with Crippen molar-refractivity contribution < 1.29 is 5.11 Å². The highest BCUT2D eigenvalue weighted by Crippen LogP contribution is 2.10. The van der Waals surface area contributed by atoms with E-state index in [1.165, 1.54) is 11.0 Å². The summed E-state index contributed by atoms with van der Waals surface area (Å²) in [6.07, 6.45) is 0.717. The third-order valence-corrected chi connectivity index (χ3v) is 1.72. The Morgan fingerprint density at radius 1 is 1.42 bits per heavy atom. The van der Waals surface area contributed by atoms with Gasteiger partial charge in [0.1, 0.15) is 7.85 Å². The normalized spacial score (nSPS) is 11.6. The molecule has 0 unspecified atom stereocenters. The fraction of sp³-hybridized carbons (Fsp3) is 0.400. The Balaban J connectivity index is 2.77. The Morgan fingerprint density at radius 2 is 2.08 bits per heavy atom. The second-order valence-electron chi connectivity index (χ2n) is 3.98. The van der Waals surface area contributed by atoms with Crippen LogP contribution in [0.15, 0.2) is 24.3 Å². The summed E-state index contributed by atoms with van der Waals surface area (Å²) in [6, 6.07) is 8.24. The lowest BCUT2D eigenvalue weighted by Gasteiger charge is -2.16. The molecule has 0 spiro atoms. The van der Waals surface area contributed by atoms with Crippen molar-refractivity contribution in [3.05, 3.63) is 29.8 Å². The molecular formula is C10H15BO. The van der Waals surface area contributed by atoms with Gasteiger partial charge >= 0.3 is 0 Å². The van der Waals surface area contributed by atoms with Gasteiger partial charge < -0.3 is 5.11 Å². The van der Waals surface area contributed by atoms with Crippen molar-refractivity contribution >= 4 is 13.3 Å². The number of hydrogen-bond acceptors (Lipinski definition) is 1. The van der Waals surface area contributed by atoms with Gasteiger partial charge in [0.25, 0.3) is 0 Å². The van der Waals surface area contributed by atoms with Gasteiger partial charge in [-0.15, -0.1) is 0 Å². The molecule has 0 saturated heterocycles. The first-order chi connectivity index (χ1) is 5.47. The molecule has 2 heteroatoms. The third kappa shape index (κ3) is 3.10. The van der Waals surface area contributed by atoms with E-state index >= 15 is 0 Å². The summed E-state index contributed by atoms with van der Waals surface area (Å²) in [5, 5.41) is 9.56. The van der Waals surface area contributed by atoms with Gasteiger partial charge in [-0.3, -0.25) is 0 Å². The molecule has 0 radical (unpaired) electrons. The first-order valence-corrected chi connectivity index (χ1v) is 4.25. The minimum atomic E-state index is -0.603. The molecule has 0 atom stereocenters. The van der Waals surface area contributed by atoms with Gasteiger partial charge in [-0.05, 0) is 19.4 Å². The Morgan fingerprint density at radius 3 is 2.58 bits per heavy atom. The van der Waals surface area contributed by atoms with Crippen LogP contribution in [0.1, 0.15) is 19.4 Å². The van der Waals surface area contributed by atoms with E-state index in [9.17, 15) is 5.11 Å². The van der Waals surface area contributed by atoms with E-state index < -0.39 is 5.60 Å². The van der Waals surface area contributed by atoms with Crippen LogP contribution in [0, 0.1) is 0 Å². The van der Waals surface area contributed by atoms with Gasteiger partial charge in [0.2, 0.25) is 0 Å². The highest BCUT2D eigenvalue weighted by Gasteiger charge is 2.12. The third-order valence-electron chi connectivity index (χ3n) is 1.72. The van der Waals surface area contributed by atoms with Crippen molar-refractivity contribution in [2.45, 2.75) is 25.9 Å². The molecule has 1 aromatic rings. The van der Waals surface area contributed by atoms with Crippen LogP contribution in [0.25, 0.3) is 0 Å². The second-order valence-corrected chi connectivity index (χ2v) is 3.98. The Kier molecular flexibility index (Phi) is 2.58.